The normalized spacial score (nSPS) is 21.0. The van der Waals surface area contributed by atoms with Gasteiger partial charge in [0.2, 0.25) is 0 Å². The lowest BCUT2D eigenvalue weighted by Crippen LogP contribution is -2.44. The Bertz CT molecular complexity index is 804. The summed E-state index contributed by atoms with van der Waals surface area (Å²) in [6.07, 6.45) is -0.686. The number of carbonyl (C=O) groups is 2. The van der Waals surface area contributed by atoms with Crippen LogP contribution in [-0.2, 0) is 14.3 Å². The fourth-order valence-electron chi connectivity index (χ4n) is 3.67. The van der Waals surface area contributed by atoms with Crippen molar-refractivity contribution < 1.29 is 24.2 Å². The molecule has 1 heterocycles. The van der Waals surface area contributed by atoms with Crippen molar-refractivity contribution in [2.24, 2.45) is 5.92 Å². The van der Waals surface area contributed by atoms with E-state index in [1.165, 1.54) is 0 Å². The molecule has 1 aliphatic heterocycles. The van der Waals surface area contributed by atoms with Gasteiger partial charge in [-0.1, -0.05) is 48.5 Å². The molecule has 1 saturated heterocycles. The molecule has 0 radical (unpaired) electrons. The molecule has 0 spiro atoms. The summed E-state index contributed by atoms with van der Waals surface area (Å²) in [7, 11) is 0. The number of rotatable bonds is 4. The van der Waals surface area contributed by atoms with Crippen molar-refractivity contribution in [1.29, 1.82) is 0 Å². The zero-order chi connectivity index (χ0) is 18.1. The molecule has 134 valence electrons. The van der Waals surface area contributed by atoms with E-state index in [1.54, 1.807) is 0 Å². The summed E-state index contributed by atoms with van der Waals surface area (Å²) in [6.45, 7) is 0.0368. The van der Waals surface area contributed by atoms with E-state index in [1.807, 2.05) is 36.4 Å². The Kier molecular flexibility index (Phi) is 4.34. The van der Waals surface area contributed by atoms with Crippen molar-refractivity contribution in [2.75, 3.05) is 19.8 Å². The second kappa shape index (κ2) is 6.80. The fourth-order valence-corrected chi connectivity index (χ4v) is 3.67. The lowest BCUT2D eigenvalue weighted by atomic mass is 9.98. The average Bonchev–Trinajstić information content (AvgIpc) is 3.18. The first-order valence-electron chi connectivity index (χ1n) is 8.58. The number of aliphatic hydroxyl groups excluding tert-OH is 1. The van der Waals surface area contributed by atoms with Gasteiger partial charge in [0.05, 0.1) is 13.2 Å². The molecule has 0 saturated carbocycles. The van der Waals surface area contributed by atoms with Crippen molar-refractivity contribution in [3.8, 4) is 11.1 Å². The van der Waals surface area contributed by atoms with Crippen LogP contribution in [0.1, 0.15) is 17.0 Å². The maximum atomic E-state index is 12.2. The molecule has 6 nitrogen and oxygen atoms in total. The molecule has 2 aromatic rings. The molecule has 2 N–H and O–H groups in total. The molecule has 6 heteroatoms. The third-order valence-electron chi connectivity index (χ3n) is 5.02. The molecule has 2 aliphatic rings. The highest BCUT2D eigenvalue weighted by atomic mass is 16.6. The molecule has 1 amide bonds. The summed E-state index contributed by atoms with van der Waals surface area (Å²) in [6, 6.07) is 15.3. The summed E-state index contributed by atoms with van der Waals surface area (Å²) in [4.78, 5) is 23.8. The minimum absolute atomic E-state index is 0.0441. The van der Waals surface area contributed by atoms with Crippen molar-refractivity contribution in [3.05, 3.63) is 59.7 Å². The van der Waals surface area contributed by atoms with E-state index in [9.17, 15) is 14.7 Å². The van der Waals surface area contributed by atoms with Crippen LogP contribution < -0.4 is 5.32 Å². The first-order valence-corrected chi connectivity index (χ1v) is 8.58. The number of carbonyl (C=O) groups excluding carboxylic acids is 2. The molecule has 1 fully saturated rings. The van der Waals surface area contributed by atoms with Gasteiger partial charge in [0.15, 0.2) is 0 Å². The number of cyclic esters (lactones) is 1. The van der Waals surface area contributed by atoms with Gasteiger partial charge < -0.3 is 19.9 Å². The van der Waals surface area contributed by atoms with Crippen molar-refractivity contribution in [1.82, 2.24) is 5.32 Å². The number of alkyl carbamates (subject to hydrolysis) is 1. The monoisotopic (exact) mass is 353 g/mol. The number of hydrogen-bond donors (Lipinski definition) is 2. The molecular formula is C20H19NO5. The number of benzene rings is 2. The molecule has 0 aromatic heterocycles. The van der Waals surface area contributed by atoms with Crippen LogP contribution in [0.2, 0.25) is 0 Å². The third kappa shape index (κ3) is 2.82. The van der Waals surface area contributed by atoms with Gasteiger partial charge in [0, 0.05) is 11.8 Å². The SMILES string of the molecule is O=C(N[C@H]1C(=O)OC[C@H]1CO)OCC1c2ccccc2-c2ccccc21. The first kappa shape index (κ1) is 16.6. The van der Waals surface area contributed by atoms with Gasteiger partial charge in [-0.05, 0) is 22.3 Å². The number of fused-ring (bicyclic) bond motifs is 3. The quantitative estimate of drug-likeness (QED) is 0.822. The lowest BCUT2D eigenvalue weighted by molar-refractivity contribution is -0.139. The van der Waals surface area contributed by atoms with Gasteiger partial charge >= 0.3 is 12.1 Å². The Hall–Kier alpha value is -2.86. The number of hydrogen-bond acceptors (Lipinski definition) is 5. The topological polar surface area (TPSA) is 84.9 Å². The highest BCUT2D eigenvalue weighted by Crippen LogP contribution is 2.44. The van der Waals surface area contributed by atoms with Crippen LogP contribution >= 0.6 is 0 Å². The Morgan fingerprint density at radius 3 is 2.35 bits per heavy atom. The molecule has 1 aliphatic carbocycles. The predicted octanol–water partition coefficient (Wildman–Crippen LogP) is 2.06. The van der Waals surface area contributed by atoms with Gasteiger partial charge in [-0.2, -0.15) is 0 Å². The third-order valence-corrected chi connectivity index (χ3v) is 5.02. The van der Waals surface area contributed by atoms with Crippen LogP contribution in [-0.4, -0.2) is 43.0 Å². The minimum Gasteiger partial charge on any atom is -0.464 e. The van der Waals surface area contributed by atoms with Crippen LogP contribution in [0.5, 0.6) is 0 Å². The molecule has 4 rings (SSSR count). The number of ether oxygens (including phenoxy) is 2. The van der Waals surface area contributed by atoms with Crippen LogP contribution in [0.25, 0.3) is 11.1 Å². The smallest absolute Gasteiger partial charge is 0.407 e. The van der Waals surface area contributed by atoms with Crippen molar-refractivity contribution >= 4 is 12.1 Å². The van der Waals surface area contributed by atoms with Gasteiger partial charge in [0.25, 0.3) is 0 Å². The standard InChI is InChI=1S/C20H19NO5/c22-9-12-10-25-19(23)18(12)21-20(24)26-11-17-15-7-3-1-5-13(15)14-6-2-4-8-16(14)17/h1-8,12,17-18,22H,9-11H2,(H,21,24)/t12-,18-/m1/s1. The Labute approximate surface area is 150 Å². The van der Waals surface area contributed by atoms with Crippen molar-refractivity contribution in [2.45, 2.75) is 12.0 Å². The number of aliphatic hydroxyl groups is 1. The molecule has 0 bridgehead atoms. The summed E-state index contributed by atoms with van der Waals surface area (Å²) >= 11 is 0. The van der Waals surface area contributed by atoms with E-state index in [2.05, 4.69) is 17.4 Å². The van der Waals surface area contributed by atoms with Crippen LogP contribution in [0.3, 0.4) is 0 Å². The maximum Gasteiger partial charge on any atom is 0.407 e. The Balaban J connectivity index is 1.46. The zero-order valence-electron chi connectivity index (χ0n) is 14.1. The van der Waals surface area contributed by atoms with E-state index in [-0.39, 0.29) is 25.7 Å². The molecule has 2 aromatic carbocycles. The Morgan fingerprint density at radius 1 is 1.12 bits per heavy atom. The van der Waals surface area contributed by atoms with E-state index in [0.29, 0.717) is 0 Å². The number of esters is 1. The minimum atomic E-state index is -0.865. The summed E-state index contributed by atoms with van der Waals surface area (Å²) < 4.78 is 10.3. The summed E-state index contributed by atoms with van der Waals surface area (Å²) in [5.74, 6) is -1.03. The zero-order valence-corrected chi connectivity index (χ0v) is 14.1. The molecular weight excluding hydrogens is 334 g/mol. The van der Waals surface area contributed by atoms with E-state index >= 15 is 0 Å². The highest BCUT2D eigenvalue weighted by molar-refractivity contribution is 5.83. The van der Waals surface area contributed by atoms with Crippen LogP contribution in [0.4, 0.5) is 4.79 Å². The fraction of sp³-hybridized carbons (Fsp3) is 0.300. The highest BCUT2D eigenvalue weighted by Gasteiger charge is 2.38. The second-order valence-corrected chi connectivity index (χ2v) is 6.52. The van der Waals surface area contributed by atoms with E-state index in [0.717, 1.165) is 22.3 Å². The van der Waals surface area contributed by atoms with Gasteiger partial charge in [0.1, 0.15) is 12.6 Å². The van der Waals surface area contributed by atoms with E-state index in [4.69, 9.17) is 9.47 Å². The maximum absolute atomic E-state index is 12.2. The molecule has 26 heavy (non-hydrogen) atoms. The largest absolute Gasteiger partial charge is 0.464 e. The lowest BCUT2D eigenvalue weighted by Gasteiger charge is -2.17. The number of nitrogens with one attached hydrogen (secondary N) is 1. The molecule has 2 atom stereocenters. The van der Waals surface area contributed by atoms with Crippen LogP contribution in [0, 0.1) is 5.92 Å². The number of amides is 1. The van der Waals surface area contributed by atoms with Gasteiger partial charge in [-0.15, -0.1) is 0 Å². The van der Waals surface area contributed by atoms with E-state index < -0.39 is 24.0 Å². The predicted molar refractivity (Wildman–Crippen MR) is 93.5 cm³/mol. The second-order valence-electron chi connectivity index (χ2n) is 6.52. The summed E-state index contributed by atoms with van der Waals surface area (Å²) in [5.41, 5.74) is 4.54. The molecule has 0 unspecified atom stereocenters. The van der Waals surface area contributed by atoms with Gasteiger partial charge in [-0.25, -0.2) is 9.59 Å². The summed E-state index contributed by atoms with van der Waals surface area (Å²) in [5, 5.41) is 11.8. The first-order chi connectivity index (χ1) is 12.7. The average molecular weight is 353 g/mol. The van der Waals surface area contributed by atoms with Gasteiger partial charge in [-0.3, -0.25) is 0 Å². The van der Waals surface area contributed by atoms with Crippen LogP contribution in [0.15, 0.2) is 48.5 Å². The Morgan fingerprint density at radius 2 is 1.73 bits per heavy atom. The van der Waals surface area contributed by atoms with Crippen molar-refractivity contribution in [3.63, 3.8) is 0 Å².